The van der Waals surface area contributed by atoms with Gasteiger partial charge in [-0.1, -0.05) is 12.1 Å². The number of aryl methyl sites for hydroxylation is 1. The molecule has 4 nitrogen and oxygen atoms in total. The number of hydrogen-bond acceptors (Lipinski definition) is 3. The van der Waals surface area contributed by atoms with Gasteiger partial charge in [-0.3, -0.25) is 4.98 Å². The molecule has 0 amide bonds. The van der Waals surface area contributed by atoms with Crippen LogP contribution in [0.2, 0.25) is 0 Å². The monoisotopic (exact) mass is 281 g/mol. The fourth-order valence-electron chi connectivity index (χ4n) is 2.63. The molecule has 0 spiro atoms. The zero-order chi connectivity index (χ0) is 15.2. The van der Waals surface area contributed by atoms with Crippen molar-refractivity contribution >= 4 is 11.0 Å². The molecule has 4 heteroatoms. The number of pyridine rings is 1. The van der Waals surface area contributed by atoms with E-state index in [0.29, 0.717) is 0 Å². The summed E-state index contributed by atoms with van der Waals surface area (Å²) in [5, 5.41) is 10.4. The molecule has 0 unspecified atom stereocenters. The Morgan fingerprint density at radius 3 is 2.62 bits per heavy atom. The van der Waals surface area contributed by atoms with Gasteiger partial charge in [0.2, 0.25) is 0 Å². The van der Waals surface area contributed by atoms with Gasteiger partial charge in [0.25, 0.3) is 0 Å². The zero-order valence-electron chi connectivity index (χ0n) is 12.8. The third-order valence-corrected chi connectivity index (χ3v) is 3.61. The average Bonchev–Trinajstić information content (AvgIpc) is 2.80. The van der Waals surface area contributed by atoms with Crippen LogP contribution in [-0.2, 0) is 5.54 Å². The van der Waals surface area contributed by atoms with Crippen LogP contribution in [-0.4, -0.2) is 19.6 Å². The molecule has 1 aromatic carbocycles. The van der Waals surface area contributed by atoms with Gasteiger partial charge in [0, 0.05) is 11.7 Å². The molecule has 108 valence electrons. The molecule has 0 aliphatic carbocycles. The minimum atomic E-state index is -0.151. The molecule has 0 fully saturated rings. The molecule has 0 bridgehead atoms. The molecule has 0 saturated carbocycles. The van der Waals surface area contributed by atoms with E-state index in [-0.39, 0.29) is 11.3 Å². The van der Waals surface area contributed by atoms with Crippen molar-refractivity contribution in [1.82, 2.24) is 14.5 Å². The minimum Gasteiger partial charge on any atom is -0.507 e. The van der Waals surface area contributed by atoms with E-state index in [1.165, 1.54) is 0 Å². The number of aromatic hydroxyl groups is 1. The highest BCUT2D eigenvalue weighted by Gasteiger charge is 2.24. The van der Waals surface area contributed by atoms with Crippen molar-refractivity contribution in [1.29, 1.82) is 0 Å². The molecule has 3 rings (SSSR count). The number of phenols is 1. The van der Waals surface area contributed by atoms with E-state index < -0.39 is 0 Å². The Hall–Kier alpha value is -2.36. The Labute approximate surface area is 124 Å². The van der Waals surface area contributed by atoms with Crippen molar-refractivity contribution in [2.24, 2.45) is 0 Å². The number of imidazole rings is 1. The van der Waals surface area contributed by atoms with E-state index in [4.69, 9.17) is 4.98 Å². The number of hydrogen-bond donors (Lipinski definition) is 1. The Morgan fingerprint density at radius 2 is 1.90 bits per heavy atom. The predicted octanol–water partition coefficient (Wildman–Crippen LogP) is 3.87. The number of rotatable bonds is 1. The van der Waals surface area contributed by atoms with Crippen LogP contribution < -0.4 is 0 Å². The van der Waals surface area contributed by atoms with Gasteiger partial charge in [-0.25, -0.2) is 4.98 Å². The van der Waals surface area contributed by atoms with Crippen LogP contribution in [0.4, 0.5) is 0 Å². The summed E-state index contributed by atoms with van der Waals surface area (Å²) in [5.41, 5.74) is 3.30. The lowest BCUT2D eigenvalue weighted by molar-refractivity contribution is 0.411. The van der Waals surface area contributed by atoms with Crippen molar-refractivity contribution in [2.75, 3.05) is 0 Å². The molecular weight excluding hydrogens is 262 g/mol. The number of phenolic OH excluding ortho intramolecular Hbond substituents is 1. The van der Waals surface area contributed by atoms with Crippen LogP contribution in [0.15, 0.2) is 36.7 Å². The second kappa shape index (κ2) is 4.58. The van der Waals surface area contributed by atoms with Gasteiger partial charge in [-0.2, -0.15) is 0 Å². The van der Waals surface area contributed by atoms with Crippen LogP contribution >= 0.6 is 0 Å². The van der Waals surface area contributed by atoms with Gasteiger partial charge in [0.05, 0.1) is 17.3 Å². The first-order chi connectivity index (χ1) is 9.89. The first kappa shape index (κ1) is 13.6. The van der Waals surface area contributed by atoms with E-state index in [2.05, 4.69) is 30.3 Å². The maximum Gasteiger partial charge on any atom is 0.145 e. The summed E-state index contributed by atoms with van der Waals surface area (Å²) in [7, 11) is 0. The van der Waals surface area contributed by atoms with Gasteiger partial charge in [0.15, 0.2) is 0 Å². The Kier molecular flexibility index (Phi) is 2.97. The van der Waals surface area contributed by atoms with Crippen LogP contribution in [0.3, 0.4) is 0 Å². The molecule has 3 aromatic rings. The third-order valence-electron chi connectivity index (χ3n) is 3.61. The fourth-order valence-corrected chi connectivity index (χ4v) is 2.63. The highest BCUT2D eigenvalue weighted by molar-refractivity contribution is 5.81. The minimum absolute atomic E-state index is 0.151. The largest absolute Gasteiger partial charge is 0.507 e. The lowest BCUT2D eigenvalue weighted by Crippen LogP contribution is -2.22. The second-order valence-electron chi connectivity index (χ2n) is 6.28. The van der Waals surface area contributed by atoms with Crippen LogP contribution in [0.25, 0.3) is 22.4 Å². The van der Waals surface area contributed by atoms with Crippen molar-refractivity contribution in [3.63, 3.8) is 0 Å². The summed E-state index contributed by atoms with van der Waals surface area (Å²) in [5.74, 6) is 1.05. The molecule has 21 heavy (non-hydrogen) atoms. The van der Waals surface area contributed by atoms with E-state index >= 15 is 0 Å². The van der Waals surface area contributed by atoms with Gasteiger partial charge >= 0.3 is 0 Å². The van der Waals surface area contributed by atoms with Crippen molar-refractivity contribution < 1.29 is 5.11 Å². The number of benzene rings is 1. The summed E-state index contributed by atoms with van der Waals surface area (Å²) >= 11 is 0. The summed E-state index contributed by atoms with van der Waals surface area (Å²) in [6.07, 6.45) is 3.53. The SMILES string of the molecule is Cc1cccc(-c2nc3cnccc3n2C(C)(C)C)c1O. The quantitative estimate of drug-likeness (QED) is 0.736. The molecule has 0 atom stereocenters. The van der Waals surface area contributed by atoms with Crippen molar-refractivity contribution in [3.8, 4) is 17.1 Å². The van der Waals surface area contributed by atoms with E-state index in [1.54, 1.807) is 12.4 Å². The standard InChI is InChI=1S/C17H19N3O/c1-11-6-5-7-12(15(11)21)16-19-13-10-18-9-8-14(13)20(16)17(2,3)4/h5-10,21H,1-4H3. The normalized spacial score (nSPS) is 12.0. The molecule has 0 radical (unpaired) electrons. The summed E-state index contributed by atoms with van der Waals surface area (Å²) in [4.78, 5) is 8.84. The van der Waals surface area contributed by atoms with E-state index in [0.717, 1.165) is 28.0 Å². The molecular formula is C17H19N3O. The molecule has 2 aromatic heterocycles. The number of para-hydroxylation sites is 1. The second-order valence-corrected chi connectivity index (χ2v) is 6.28. The first-order valence-electron chi connectivity index (χ1n) is 7.01. The maximum atomic E-state index is 10.4. The third kappa shape index (κ3) is 2.17. The number of nitrogens with zero attached hydrogens (tertiary/aromatic N) is 3. The Morgan fingerprint density at radius 1 is 1.14 bits per heavy atom. The number of aromatic nitrogens is 3. The molecule has 2 heterocycles. The molecule has 1 N–H and O–H groups in total. The molecule has 0 aliphatic heterocycles. The van der Waals surface area contributed by atoms with Crippen LogP contribution in [0, 0.1) is 6.92 Å². The summed E-state index contributed by atoms with van der Waals surface area (Å²) < 4.78 is 2.15. The van der Waals surface area contributed by atoms with Crippen LogP contribution in [0.1, 0.15) is 26.3 Å². The van der Waals surface area contributed by atoms with Crippen LogP contribution in [0.5, 0.6) is 5.75 Å². The topological polar surface area (TPSA) is 50.9 Å². The smallest absolute Gasteiger partial charge is 0.145 e. The van der Waals surface area contributed by atoms with Gasteiger partial charge in [-0.15, -0.1) is 0 Å². The first-order valence-corrected chi connectivity index (χ1v) is 7.01. The Bertz CT molecular complexity index is 813. The highest BCUT2D eigenvalue weighted by atomic mass is 16.3. The Balaban J connectivity index is 2.40. The summed E-state index contributed by atoms with van der Waals surface area (Å²) in [6.45, 7) is 8.28. The van der Waals surface area contributed by atoms with Gasteiger partial charge in [0.1, 0.15) is 17.1 Å². The fraction of sp³-hybridized carbons (Fsp3) is 0.294. The lowest BCUT2D eigenvalue weighted by Gasteiger charge is -2.25. The van der Waals surface area contributed by atoms with E-state index in [1.807, 2.05) is 31.2 Å². The maximum absolute atomic E-state index is 10.4. The van der Waals surface area contributed by atoms with Gasteiger partial charge in [-0.05, 0) is 45.4 Å². The number of fused-ring (bicyclic) bond motifs is 1. The zero-order valence-corrected chi connectivity index (χ0v) is 12.8. The molecule has 0 saturated heterocycles. The lowest BCUT2D eigenvalue weighted by atomic mass is 10.1. The summed E-state index contributed by atoms with van der Waals surface area (Å²) in [6, 6.07) is 7.70. The van der Waals surface area contributed by atoms with Crippen molar-refractivity contribution in [3.05, 3.63) is 42.2 Å². The highest BCUT2D eigenvalue weighted by Crippen LogP contribution is 2.36. The average molecular weight is 281 g/mol. The van der Waals surface area contributed by atoms with Crippen molar-refractivity contribution in [2.45, 2.75) is 33.2 Å². The van der Waals surface area contributed by atoms with E-state index in [9.17, 15) is 5.11 Å². The predicted molar refractivity (Wildman–Crippen MR) is 84.4 cm³/mol. The van der Waals surface area contributed by atoms with Gasteiger partial charge < -0.3 is 9.67 Å². The molecule has 0 aliphatic rings.